The van der Waals surface area contributed by atoms with Gasteiger partial charge in [-0.2, -0.15) is 0 Å². The van der Waals surface area contributed by atoms with Crippen LogP contribution in [0.5, 0.6) is 0 Å². The minimum atomic E-state index is 0.592. The Morgan fingerprint density at radius 1 is 1.24 bits per heavy atom. The highest BCUT2D eigenvalue weighted by atomic mass is 14.9. The van der Waals surface area contributed by atoms with E-state index in [2.05, 4.69) is 39.9 Å². The van der Waals surface area contributed by atoms with Gasteiger partial charge in [0.15, 0.2) is 0 Å². The number of hydrogen-bond acceptors (Lipinski definition) is 1. The zero-order valence-electron chi connectivity index (χ0n) is 12.7. The second-order valence-electron chi connectivity index (χ2n) is 7.27. The fourth-order valence-electron chi connectivity index (χ4n) is 3.33. The molecular weight excluding hydrogens is 206 g/mol. The van der Waals surface area contributed by atoms with Crippen LogP contribution in [0.25, 0.3) is 0 Å². The van der Waals surface area contributed by atoms with Crippen molar-refractivity contribution in [1.29, 1.82) is 0 Å². The van der Waals surface area contributed by atoms with Gasteiger partial charge in [-0.3, -0.25) is 0 Å². The zero-order chi connectivity index (χ0) is 12.9. The largest absolute Gasteiger partial charge is 0.316 e. The Labute approximate surface area is 109 Å². The monoisotopic (exact) mass is 239 g/mol. The van der Waals surface area contributed by atoms with Crippen molar-refractivity contribution in [3.8, 4) is 0 Å². The van der Waals surface area contributed by atoms with Gasteiger partial charge in [-0.1, -0.05) is 47.5 Å². The summed E-state index contributed by atoms with van der Waals surface area (Å²) < 4.78 is 0. The third-order valence-corrected chi connectivity index (χ3v) is 4.29. The van der Waals surface area contributed by atoms with Gasteiger partial charge in [0.1, 0.15) is 0 Å². The Bertz CT molecular complexity index is 208. The molecule has 1 heteroatoms. The van der Waals surface area contributed by atoms with Gasteiger partial charge in [0, 0.05) is 0 Å². The van der Waals surface area contributed by atoms with Crippen LogP contribution in [0.4, 0.5) is 0 Å². The summed E-state index contributed by atoms with van der Waals surface area (Å²) in [6.45, 7) is 14.2. The van der Waals surface area contributed by atoms with Gasteiger partial charge in [0.05, 0.1) is 0 Å². The molecular formula is C16H33N. The average Bonchev–Trinajstić information content (AvgIpc) is 2.20. The highest BCUT2D eigenvalue weighted by Crippen LogP contribution is 2.43. The predicted octanol–water partition coefficient (Wildman–Crippen LogP) is 4.47. The number of rotatable bonds is 6. The van der Waals surface area contributed by atoms with E-state index in [-0.39, 0.29) is 0 Å². The quantitative estimate of drug-likeness (QED) is 0.721. The third kappa shape index (κ3) is 5.42. The lowest BCUT2D eigenvalue weighted by atomic mass is 9.66. The van der Waals surface area contributed by atoms with Crippen molar-refractivity contribution in [3.63, 3.8) is 0 Å². The maximum absolute atomic E-state index is 3.67. The van der Waals surface area contributed by atoms with Gasteiger partial charge in [-0.05, 0) is 55.5 Å². The molecule has 0 spiro atoms. The maximum atomic E-state index is 3.67. The first kappa shape index (κ1) is 15.0. The van der Waals surface area contributed by atoms with Gasteiger partial charge in [0.2, 0.25) is 0 Å². The molecule has 2 unspecified atom stereocenters. The molecule has 1 aliphatic rings. The summed E-state index contributed by atoms with van der Waals surface area (Å²) in [4.78, 5) is 0. The van der Waals surface area contributed by atoms with Gasteiger partial charge in [0.25, 0.3) is 0 Å². The van der Waals surface area contributed by atoms with Crippen molar-refractivity contribution < 1.29 is 0 Å². The van der Waals surface area contributed by atoms with E-state index in [1.165, 1.54) is 45.2 Å². The standard InChI is InChI=1S/C16H33N/c1-6-7-14-10-16(4,5)9-8-15(14)12-17-11-13(2)3/h13-15,17H,6-12H2,1-5H3. The van der Waals surface area contributed by atoms with Crippen LogP contribution in [0, 0.1) is 23.2 Å². The molecule has 1 N–H and O–H groups in total. The summed E-state index contributed by atoms with van der Waals surface area (Å²) in [7, 11) is 0. The first-order valence-corrected chi connectivity index (χ1v) is 7.65. The van der Waals surface area contributed by atoms with Crippen LogP contribution in [-0.4, -0.2) is 13.1 Å². The van der Waals surface area contributed by atoms with Crippen LogP contribution in [-0.2, 0) is 0 Å². The molecule has 102 valence electrons. The molecule has 1 aliphatic carbocycles. The molecule has 0 aromatic carbocycles. The highest BCUT2D eigenvalue weighted by molar-refractivity contribution is 4.85. The Morgan fingerprint density at radius 3 is 2.53 bits per heavy atom. The summed E-state index contributed by atoms with van der Waals surface area (Å²) in [6.07, 6.45) is 7.07. The van der Waals surface area contributed by atoms with Crippen LogP contribution in [0.1, 0.15) is 66.7 Å². The summed E-state index contributed by atoms with van der Waals surface area (Å²) in [5, 5.41) is 3.67. The van der Waals surface area contributed by atoms with Crippen molar-refractivity contribution in [1.82, 2.24) is 5.32 Å². The van der Waals surface area contributed by atoms with Crippen molar-refractivity contribution in [3.05, 3.63) is 0 Å². The van der Waals surface area contributed by atoms with Gasteiger partial charge < -0.3 is 5.32 Å². The van der Waals surface area contributed by atoms with Gasteiger partial charge in [-0.15, -0.1) is 0 Å². The molecule has 0 aromatic rings. The number of hydrogen-bond donors (Lipinski definition) is 1. The molecule has 1 rings (SSSR count). The van der Waals surface area contributed by atoms with Crippen LogP contribution < -0.4 is 5.32 Å². The molecule has 0 amide bonds. The van der Waals surface area contributed by atoms with E-state index in [0.717, 1.165) is 17.8 Å². The Morgan fingerprint density at radius 2 is 1.94 bits per heavy atom. The lowest BCUT2D eigenvalue weighted by Gasteiger charge is -2.41. The molecule has 1 nitrogen and oxygen atoms in total. The Balaban J connectivity index is 2.40. The Kier molecular flexibility index (Phi) is 5.99. The van der Waals surface area contributed by atoms with Crippen LogP contribution in [0.2, 0.25) is 0 Å². The lowest BCUT2D eigenvalue weighted by molar-refractivity contribution is 0.109. The summed E-state index contributed by atoms with van der Waals surface area (Å²) in [6, 6.07) is 0. The van der Waals surface area contributed by atoms with E-state index < -0.39 is 0 Å². The van der Waals surface area contributed by atoms with Crippen molar-refractivity contribution >= 4 is 0 Å². The maximum Gasteiger partial charge on any atom is -0.00177 e. The minimum absolute atomic E-state index is 0.592. The molecule has 0 saturated heterocycles. The first-order valence-electron chi connectivity index (χ1n) is 7.65. The van der Waals surface area contributed by atoms with E-state index in [1.54, 1.807) is 0 Å². The molecule has 0 bridgehead atoms. The molecule has 0 radical (unpaired) electrons. The SMILES string of the molecule is CCCC1CC(C)(C)CCC1CNCC(C)C. The summed E-state index contributed by atoms with van der Waals surface area (Å²) in [5.74, 6) is 2.67. The van der Waals surface area contributed by atoms with Gasteiger partial charge >= 0.3 is 0 Å². The van der Waals surface area contributed by atoms with E-state index in [0.29, 0.717) is 5.41 Å². The third-order valence-electron chi connectivity index (χ3n) is 4.29. The molecule has 17 heavy (non-hydrogen) atoms. The second kappa shape index (κ2) is 6.78. The average molecular weight is 239 g/mol. The first-order chi connectivity index (χ1) is 7.94. The van der Waals surface area contributed by atoms with Gasteiger partial charge in [-0.25, -0.2) is 0 Å². The predicted molar refractivity (Wildman–Crippen MR) is 77.2 cm³/mol. The minimum Gasteiger partial charge on any atom is -0.316 e. The molecule has 1 saturated carbocycles. The van der Waals surface area contributed by atoms with Crippen LogP contribution >= 0.6 is 0 Å². The normalized spacial score (nSPS) is 28.6. The van der Waals surface area contributed by atoms with E-state index in [4.69, 9.17) is 0 Å². The van der Waals surface area contributed by atoms with E-state index in [9.17, 15) is 0 Å². The van der Waals surface area contributed by atoms with E-state index in [1.807, 2.05) is 0 Å². The fourth-order valence-corrected chi connectivity index (χ4v) is 3.33. The zero-order valence-corrected chi connectivity index (χ0v) is 12.7. The molecule has 2 atom stereocenters. The molecule has 1 fully saturated rings. The highest BCUT2D eigenvalue weighted by Gasteiger charge is 2.33. The smallest absolute Gasteiger partial charge is 0.00177 e. The van der Waals surface area contributed by atoms with Crippen LogP contribution in [0.3, 0.4) is 0 Å². The lowest BCUT2D eigenvalue weighted by Crippen LogP contribution is -2.36. The van der Waals surface area contributed by atoms with Crippen molar-refractivity contribution in [2.45, 2.75) is 66.7 Å². The number of nitrogens with one attached hydrogen (secondary N) is 1. The van der Waals surface area contributed by atoms with E-state index >= 15 is 0 Å². The van der Waals surface area contributed by atoms with Crippen molar-refractivity contribution in [2.24, 2.45) is 23.2 Å². The molecule has 0 heterocycles. The van der Waals surface area contributed by atoms with Crippen LogP contribution in [0.15, 0.2) is 0 Å². The summed E-state index contributed by atoms with van der Waals surface area (Å²) >= 11 is 0. The topological polar surface area (TPSA) is 12.0 Å². The molecule has 0 aliphatic heterocycles. The summed E-state index contributed by atoms with van der Waals surface area (Å²) in [5.41, 5.74) is 0.592. The Hall–Kier alpha value is -0.0400. The molecule has 0 aromatic heterocycles. The second-order valence-corrected chi connectivity index (χ2v) is 7.27. The van der Waals surface area contributed by atoms with Crippen molar-refractivity contribution in [2.75, 3.05) is 13.1 Å². The fraction of sp³-hybridized carbons (Fsp3) is 1.00.